The number of esters is 1. The molecule has 28 heavy (non-hydrogen) atoms. The summed E-state index contributed by atoms with van der Waals surface area (Å²) in [5, 5.41) is 4.97. The number of fused-ring (bicyclic) bond motifs is 1. The maximum absolute atomic E-state index is 12.0. The Kier molecular flexibility index (Phi) is 6.92. The molecule has 0 aliphatic rings. The average molecular weight is 395 g/mol. The molecule has 6 heteroatoms. The van der Waals surface area contributed by atoms with Crippen LogP contribution in [0.3, 0.4) is 0 Å². The molecule has 0 saturated carbocycles. The summed E-state index contributed by atoms with van der Waals surface area (Å²) in [6.07, 6.45) is 0. The molecule has 144 valence electrons. The van der Waals surface area contributed by atoms with Gasteiger partial charge in [0.25, 0.3) is 5.91 Å². The van der Waals surface area contributed by atoms with Crippen molar-refractivity contribution in [3.63, 3.8) is 0 Å². The highest BCUT2D eigenvalue weighted by molar-refractivity contribution is 8.00. The van der Waals surface area contributed by atoms with Gasteiger partial charge in [0.05, 0.1) is 18.0 Å². The molecule has 1 N–H and O–H groups in total. The highest BCUT2D eigenvalue weighted by atomic mass is 32.2. The highest BCUT2D eigenvalue weighted by Gasteiger charge is 2.11. The molecule has 0 atom stereocenters. The number of hydrogen-bond donors (Lipinski definition) is 1. The molecule has 0 unspecified atom stereocenters. The topological polar surface area (TPSA) is 64.6 Å². The molecule has 0 spiro atoms. The Balaban J connectivity index is 1.46. The summed E-state index contributed by atoms with van der Waals surface area (Å²) in [7, 11) is 0. The third-order valence-electron chi connectivity index (χ3n) is 3.90. The first-order valence-electron chi connectivity index (χ1n) is 8.94. The molecule has 3 rings (SSSR count). The fourth-order valence-electron chi connectivity index (χ4n) is 2.62. The van der Waals surface area contributed by atoms with Gasteiger partial charge in [-0.25, -0.2) is 0 Å². The first-order chi connectivity index (χ1) is 13.7. The zero-order valence-corrected chi connectivity index (χ0v) is 16.3. The number of amides is 1. The van der Waals surface area contributed by atoms with E-state index in [1.165, 1.54) is 11.8 Å². The first kappa shape index (κ1) is 19.8. The standard InChI is InChI=1S/C22H21NO4S/c1-2-26-20-10-6-5-9-19(20)23-21(24)14-27-22(25)15-28-18-12-11-16-7-3-4-8-17(16)13-18/h3-13H,2,14-15H2,1H3,(H,23,24). The van der Waals surface area contributed by atoms with E-state index in [1.807, 2.05) is 55.5 Å². The normalized spacial score (nSPS) is 10.5. The van der Waals surface area contributed by atoms with Crippen molar-refractivity contribution < 1.29 is 19.1 Å². The SMILES string of the molecule is CCOc1ccccc1NC(=O)COC(=O)CSc1ccc2ccccc2c1. The number of anilines is 1. The quantitative estimate of drug-likeness (QED) is 0.449. The zero-order chi connectivity index (χ0) is 19.8. The minimum absolute atomic E-state index is 0.140. The number of hydrogen-bond acceptors (Lipinski definition) is 5. The number of benzene rings is 3. The molecular weight excluding hydrogens is 374 g/mol. The molecule has 0 fully saturated rings. The van der Waals surface area contributed by atoms with Crippen LogP contribution in [-0.4, -0.2) is 30.8 Å². The van der Waals surface area contributed by atoms with Gasteiger partial charge in [-0.2, -0.15) is 0 Å². The van der Waals surface area contributed by atoms with Crippen molar-refractivity contribution in [2.24, 2.45) is 0 Å². The Morgan fingerprint density at radius 2 is 1.71 bits per heavy atom. The summed E-state index contributed by atoms with van der Waals surface area (Å²) in [5.41, 5.74) is 0.552. The number of rotatable bonds is 8. The number of carbonyl (C=O) groups is 2. The van der Waals surface area contributed by atoms with Gasteiger partial charge < -0.3 is 14.8 Å². The summed E-state index contributed by atoms with van der Waals surface area (Å²) in [4.78, 5) is 25.0. The molecule has 0 aromatic heterocycles. The third kappa shape index (κ3) is 5.50. The van der Waals surface area contributed by atoms with Gasteiger partial charge in [0.15, 0.2) is 6.61 Å². The van der Waals surface area contributed by atoms with Crippen LogP contribution in [0.1, 0.15) is 6.92 Å². The van der Waals surface area contributed by atoms with Crippen LogP contribution < -0.4 is 10.1 Å². The van der Waals surface area contributed by atoms with Gasteiger partial charge in [0, 0.05) is 4.90 Å². The van der Waals surface area contributed by atoms with Crippen molar-refractivity contribution in [2.45, 2.75) is 11.8 Å². The van der Waals surface area contributed by atoms with Crippen LogP contribution >= 0.6 is 11.8 Å². The van der Waals surface area contributed by atoms with Gasteiger partial charge in [0.1, 0.15) is 5.75 Å². The van der Waals surface area contributed by atoms with E-state index in [2.05, 4.69) is 5.32 Å². The fraction of sp³-hybridized carbons (Fsp3) is 0.182. The van der Waals surface area contributed by atoms with E-state index in [0.29, 0.717) is 18.0 Å². The highest BCUT2D eigenvalue weighted by Crippen LogP contribution is 2.24. The number of carbonyl (C=O) groups excluding carboxylic acids is 2. The van der Waals surface area contributed by atoms with Crippen LogP contribution in [-0.2, 0) is 14.3 Å². The second-order valence-electron chi connectivity index (χ2n) is 5.94. The van der Waals surface area contributed by atoms with E-state index in [0.717, 1.165) is 15.7 Å². The predicted molar refractivity (Wildman–Crippen MR) is 112 cm³/mol. The Hall–Kier alpha value is -2.99. The summed E-state index contributed by atoms with van der Waals surface area (Å²) >= 11 is 1.38. The summed E-state index contributed by atoms with van der Waals surface area (Å²) in [5.74, 6) is -0.125. The smallest absolute Gasteiger partial charge is 0.316 e. The predicted octanol–water partition coefficient (Wildman–Crippen LogP) is 4.51. The molecule has 0 aliphatic heterocycles. The average Bonchev–Trinajstić information content (AvgIpc) is 2.72. The van der Waals surface area contributed by atoms with E-state index >= 15 is 0 Å². The van der Waals surface area contributed by atoms with Crippen molar-refractivity contribution in [3.05, 3.63) is 66.7 Å². The van der Waals surface area contributed by atoms with Crippen molar-refractivity contribution in [3.8, 4) is 5.75 Å². The number of para-hydroxylation sites is 2. The van der Waals surface area contributed by atoms with Gasteiger partial charge in [-0.05, 0) is 42.0 Å². The van der Waals surface area contributed by atoms with Crippen LogP contribution in [0.5, 0.6) is 5.75 Å². The van der Waals surface area contributed by atoms with E-state index < -0.39 is 11.9 Å². The third-order valence-corrected chi connectivity index (χ3v) is 4.87. The van der Waals surface area contributed by atoms with Crippen LogP contribution in [0.15, 0.2) is 71.6 Å². The lowest BCUT2D eigenvalue weighted by atomic mass is 10.1. The maximum atomic E-state index is 12.0. The molecule has 0 heterocycles. The van der Waals surface area contributed by atoms with Gasteiger partial charge in [0.2, 0.25) is 0 Å². The monoisotopic (exact) mass is 395 g/mol. The molecule has 3 aromatic rings. The van der Waals surface area contributed by atoms with E-state index in [1.54, 1.807) is 18.2 Å². The summed E-state index contributed by atoms with van der Waals surface area (Å²) in [6.45, 7) is 2.03. The Morgan fingerprint density at radius 3 is 2.54 bits per heavy atom. The molecular formula is C22H21NO4S. The molecule has 5 nitrogen and oxygen atoms in total. The second-order valence-corrected chi connectivity index (χ2v) is 6.98. The molecule has 0 radical (unpaired) electrons. The molecule has 3 aromatic carbocycles. The number of thioether (sulfide) groups is 1. The van der Waals surface area contributed by atoms with Crippen molar-refractivity contribution >= 4 is 40.1 Å². The van der Waals surface area contributed by atoms with Gasteiger partial charge >= 0.3 is 5.97 Å². The van der Waals surface area contributed by atoms with E-state index in [9.17, 15) is 9.59 Å². The number of ether oxygens (including phenoxy) is 2. The van der Waals surface area contributed by atoms with Crippen molar-refractivity contribution in [1.29, 1.82) is 0 Å². The van der Waals surface area contributed by atoms with E-state index in [-0.39, 0.29) is 12.4 Å². The Labute approximate surface area is 168 Å². The lowest BCUT2D eigenvalue weighted by Crippen LogP contribution is -2.22. The molecule has 0 saturated heterocycles. The Morgan fingerprint density at radius 1 is 0.964 bits per heavy atom. The molecule has 1 amide bonds. The van der Waals surface area contributed by atoms with Crippen molar-refractivity contribution in [1.82, 2.24) is 0 Å². The fourth-order valence-corrected chi connectivity index (χ4v) is 3.37. The molecule has 0 bridgehead atoms. The Bertz CT molecular complexity index is 973. The second kappa shape index (κ2) is 9.80. The lowest BCUT2D eigenvalue weighted by molar-refractivity contribution is -0.144. The lowest BCUT2D eigenvalue weighted by Gasteiger charge is -2.11. The van der Waals surface area contributed by atoms with Crippen LogP contribution in [0, 0.1) is 0 Å². The van der Waals surface area contributed by atoms with Crippen LogP contribution in [0.25, 0.3) is 10.8 Å². The summed E-state index contributed by atoms with van der Waals surface area (Å²) < 4.78 is 10.5. The van der Waals surface area contributed by atoms with Gasteiger partial charge in [-0.15, -0.1) is 11.8 Å². The minimum Gasteiger partial charge on any atom is -0.492 e. The largest absolute Gasteiger partial charge is 0.492 e. The minimum atomic E-state index is -0.439. The van der Waals surface area contributed by atoms with Gasteiger partial charge in [-0.1, -0.05) is 42.5 Å². The summed E-state index contributed by atoms with van der Waals surface area (Å²) in [6, 6.07) is 21.2. The first-order valence-corrected chi connectivity index (χ1v) is 9.93. The van der Waals surface area contributed by atoms with E-state index in [4.69, 9.17) is 9.47 Å². The van der Waals surface area contributed by atoms with Crippen LogP contribution in [0.2, 0.25) is 0 Å². The number of nitrogens with one attached hydrogen (secondary N) is 1. The zero-order valence-electron chi connectivity index (χ0n) is 15.5. The van der Waals surface area contributed by atoms with Gasteiger partial charge in [-0.3, -0.25) is 9.59 Å². The van der Waals surface area contributed by atoms with Crippen LogP contribution in [0.4, 0.5) is 5.69 Å². The van der Waals surface area contributed by atoms with Crippen molar-refractivity contribution in [2.75, 3.05) is 24.3 Å². The maximum Gasteiger partial charge on any atom is 0.316 e. The molecule has 0 aliphatic carbocycles.